The third-order valence-electron chi connectivity index (χ3n) is 4.27. The number of aromatic amines is 1. The summed E-state index contributed by atoms with van der Waals surface area (Å²) in [6, 6.07) is 17.8. The largest absolute Gasteiger partial charge is 0.348 e. The third kappa shape index (κ3) is 3.73. The molecule has 2 aromatic heterocycles. The normalized spacial score (nSPS) is 10.6. The quantitative estimate of drug-likeness (QED) is 0.502. The number of carbonyl (C=O) groups is 2. The minimum absolute atomic E-state index is 0.215. The van der Waals surface area contributed by atoms with Gasteiger partial charge in [-0.2, -0.15) is 5.10 Å². The molecule has 4 aromatic rings. The lowest BCUT2D eigenvalue weighted by Gasteiger charge is -2.06. The number of fused-ring (bicyclic) bond motifs is 1. The summed E-state index contributed by atoms with van der Waals surface area (Å²) in [5.74, 6) is -0.0986. The van der Waals surface area contributed by atoms with Crippen LogP contribution in [-0.4, -0.2) is 27.0 Å². The molecule has 28 heavy (non-hydrogen) atoms. The summed E-state index contributed by atoms with van der Waals surface area (Å²) in [5.41, 5.74) is 2.65. The molecule has 0 bridgehead atoms. The fourth-order valence-electron chi connectivity index (χ4n) is 2.81. The zero-order chi connectivity index (χ0) is 19.3. The predicted molar refractivity (Wildman–Crippen MR) is 106 cm³/mol. The fourth-order valence-corrected chi connectivity index (χ4v) is 2.81. The molecule has 4 rings (SSSR count). The highest BCUT2D eigenvalue weighted by molar-refractivity contribution is 6.09. The van der Waals surface area contributed by atoms with Gasteiger partial charge in [-0.15, -0.1) is 0 Å². The zero-order valence-corrected chi connectivity index (χ0v) is 14.8. The molecule has 2 aromatic carbocycles. The number of carbonyl (C=O) groups excluding carboxylic acids is 2. The third-order valence-corrected chi connectivity index (χ3v) is 4.27. The summed E-state index contributed by atoms with van der Waals surface area (Å²) < 4.78 is 0. The van der Waals surface area contributed by atoms with Gasteiger partial charge < -0.3 is 10.6 Å². The van der Waals surface area contributed by atoms with Crippen molar-refractivity contribution in [1.82, 2.24) is 20.5 Å². The van der Waals surface area contributed by atoms with Crippen molar-refractivity contribution in [3.63, 3.8) is 0 Å². The van der Waals surface area contributed by atoms with Gasteiger partial charge in [0.05, 0.1) is 5.52 Å². The van der Waals surface area contributed by atoms with E-state index in [1.807, 2.05) is 18.2 Å². The van der Waals surface area contributed by atoms with Gasteiger partial charge >= 0.3 is 0 Å². The maximum Gasteiger partial charge on any atom is 0.256 e. The highest BCUT2D eigenvalue weighted by atomic mass is 16.2. The van der Waals surface area contributed by atoms with Crippen molar-refractivity contribution in [3.8, 4) is 0 Å². The molecule has 138 valence electrons. The van der Waals surface area contributed by atoms with Crippen LogP contribution in [-0.2, 0) is 6.54 Å². The smallest absolute Gasteiger partial charge is 0.256 e. The van der Waals surface area contributed by atoms with Crippen LogP contribution >= 0.6 is 0 Å². The molecule has 0 aliphatic carbocycles. The predicted octanol–water partition coefficient (Wildman–Crippen LogP) is 3.14. The highest BCUT2D eigenvalue weighted by Crippen LogP contribution is 2.22. The Morgan fingerprint density at radius 2 is 1.79 bits per heavy atom. The van der Waals surface area contributed by atoms with Crippen LogP contribution in [0.1, 0.15) is 26.3 Å². The summed E-state index contributed by atoms with van der Waals surface area (Å²) in [6.07, 6.45) is 3.39. The van der Waals surface area contributed by atoms with E-state index in [1.54, 1.807) is 54.9 Å². The lowest BCUT2D eigenvalue weighted by molar-refractivity contribution is 0.0950. The van der Waals surface area contributed by atoms with E-state index in [4.69, 9.17) is 0 Å². The number of nitrogens with one attached hydrogen (secondary N) is 3. The van der Waals surface area contributed by atoms with Crippen molar-refractivity contribution in [2.24, 2.45) is 0 Å². The van der Waals surface area contributed by atoms with Crippen molar-refractivity contribution >= 4 is 28.5 Å². The van der Waals surface area contributed by atoms with Crippen molar-refractivity contribution < 1.29 is 9.59 Å². The zero-order valence-electron chi connectivity index (χ0n) is 14.8. The molecule has 0 radical (unpaired) electrons. The first kappa shape index (κ1) is 17.4. The Morgan fingerprint density at radius 3 is 2.57 bits per heavy atom. The van der Waals surface area contributed by atoms with E-state index in [-0.39, 0.29) is 11.8 Å². The first-order chi connectivity index (χ1) is 13.7. The number of nitrogens with zero attached hydrogens (tertiary/aromatic N) is 2. The molecule has 0 aliphatic rings. The Balaban J connectivity index is 1.52. The van der Waals surface area contributed by atoms with Crippen LogP contribution in [0.25, 0.3) is 10.9 Å². The first-order valence-electron chi connectivity index (χ1n) is 8.72. The topological polar surface area (TPSA) is 99.8 Å². The molecule has 2 heterocycles. The molecule has 0 fully saturated rings. The molecule has 3 N–H and O–H groups in total. The Bertz CT molecular complexity index is 1120. The van der Waals surface area contributed by atoms with Gasteiger partial charge in [0.25, 0.3) is 11.8 Å². The van der Waals surface area contributed by atoms with Crippen molar-refractivity contribution in [1.29, 1.82) is 0 Å². The number of anilines is 1. The molecule has 0 saturated heterocycles. The van der Waals surface area contributed by atoms with E-state index in [0.717, 1.165) is 11.1 Å². The van der Waals surface area contributed by atoms with E-state index >= 15 is 0 Å². The maximum absolute atomic E-state index is 12.5. The van der Waals surface area contributed by atoms with Gasteiger partial charge in [0.1, 0.15) is 0 Å². The van der Waals surface area contributed by atoms with Crippen molar-refractivity contribution in [2.45, 2.75) is 6.54 Å². The van der Waals surface area contributed by atoms with Crippen molar-refractivity contribution in [3.05, 3.63) is 89.7 Å². The second-order valence-corrected chi connectivity index (χ2v) is 6.20. The number of pyridine rings is 1. The van der Waals surface area contributed by atoms with Crippen LogP contribution in [0.5, 0.6) is 0 Å². The van der Waals surface area contributed by atoms with Crippen LogP contribution < -0.4 is 10.6 Å². The SMILES string of the molecule is O=C(NCc1cccnc1)c1ccc2[nH]nc(NC(=O)c3ccccc3)c2c1. The standard InChI is InChI=1S/C21H17N5O2/c27-20(23-13-14-5-4-10-22-12-14)16-8-9-18-17(11-16)19(26-25-18)24-21(28)15-6-2-1-3-7-15/h1-12H,13H2,(H,23,27)(H2,24,25,26,28). The summed E-state index contributed by atoms with van der Waals surface area (Å²) in [6.45, 7) is 0.383. The van der Waals surface area contributed by atoms with Gasteiger partial charge in [-0.05, 0) is 42.0 Å². The van der Waals surface area contributed by atoms with Crippen LogP contribution in [0, 0.1) is 0 Å². The number of hydrogen-bond acceptors (Lipinski definition) is 4. The van der Waals surface area contributed by atoms with Crippen molar-refractivity contribution in [2.75, 3.05) is 5.32 Å². The first-order valence-corrected chi connectivity index (χ1v) is 8.72. The molecule has 0 unspecified atom stereocenters. The fraction of sp³-hybridized carbons (Fsp3) is 0.0476. The second kappa shape index (κ2) is 7.71. The van der Waals surface area contributed by atoms with E-state index in [2.05, 4.69) is 25.8 Å². The van der Waals surface area contributed by atoms with E-state index in [1.165, 1.54) is 0 Å². The molecule has 7 heteroatoms. The van der Waals surface area contributed by atoms with Crippen LogP contribution in [0.4, 0.5) is 5.82 Å². The molecular formula is C21H17N5O2. The molecule has 2 amide bonds. The second-order valence-electron chi connectivity index (χ2n) is 6.20. The van der Waals surface area contributed by atoms with Crippen LogP contribution in [0.2, 0.25) is 0 Å². The molecule has 0 spiro atoms. The molecule has 0 aliphatic heterocycles. The molecule has 0 atom stereocenters. The molecular weight excluding hydrogens is 354 g/mol. The van der Waals surface area contributed by atoms with Gasteiger partial charge in [0.15, 0.2) is 5.82 Å². The number of benzene rings is 2. The van der Waals surface area contributed by atoms with Gasteiger partial charge in [-0.1, -0.05) is 24.3 Å². The summed E-state index contributed by atoms with van der Waals surface area (Å²) >= 11 is 0. The Hall–Kier alpha value is -4.00. The summed E-state index contributed by atoms with van der Waals surface area (Å²) in [7, 11) is 0. The average molecular weight is 371 g/mol. The minimum atomic E-state index is -0.263. The lowest BCUT2D eigenvalue weighted by atomic mass is 10.1. The van der Waals surface area contributed by atoms with E-state index in [0.29, 0.717) is 28.9 Å². The Labute approximate surface area is 160 Å². The number of H-pyrrole nitrogens is 1. The Kier molecular flexibility index (Phi) is 4.79. The number of amides is 2. The maximum atomic E-state index is 12.5. The van der Waals surface area contributed by atoms with Gasteiger partial charge in [-0.25, -0.2) is 0 Å². The number of hydrogen-bond donors (Lipinski definition) is 3. The molecule has 0 saturated carbocycles. The Morgan fingerprint density at radius 1 is 0.929 bits per heavy atom. The minimum Gasteiger partial charge on any atom is -0.348 e. The number of rotatable bonds is 5. The van der Waals surface area contributed by atoms with Crippen LogP contribution in [0.15, 0.2) is 73.1 Å². The lowest BCUT2D eigenvalue weighted by Crippen LogP contribution is -2.22. The van der Waals surface area contributed by atoms with E-state index in [9.17, 15) is 9.59 Å². The van der Waals surface area contributed by atoms with Gasteiger partial charge in [-0.3, -0.25) is 19.7 Å². The summed E-state index contributed by atoms with van der Waals surface area (Å²) in [5, 5.41) is 13.3. The molecule has 7 nitrogen and oxygen atoms in total. The van der Waals surface area contributed by atoms with Gasteiger partial charge in [0.2, 0.25) is 0 Å². The highest BCUT2D eigenvalue weighted by Gasteiger charge is 2.13. The average Bonchev–Trinajstić information content (AvgIpc) is 3.15. The van der Waals surface area contributed by atoms with E-state index < -0.39 is 0 Å². The number of aromatic nitrogens is 3. The monoisotopic (exact) mass is 371 g/mol. The van der Waals surface area contributed by atoms with Crippen LogP contribution in [0.3, 0.4) is 0 Å². The summed E-state index contributed by atoms with van der Waals surface area (Å²) in [4.78, 5) is 28.9. The van der Waals surface area contributed by atoms with Gasteiger partial charge in [0, 0.05) is 35.5 Å².